The maximum atomic E-state index is 6.79. The van der Waals surface area contributed by atoms with Crippen LogP contribution in [0.1, 0.15) is 25.0 Å². The summed E-state index contributed by atoms with van der Waals surface area (Å²) in [5, 5.41) is 9.97. The Kier molecular flexibility index (Phi) is 6.08. The number of rotatable bonds is 3. The third-order valence-corrected chi connectivity index (χ3v) is 11.6. The molecule has 11 rings (SSSR count). The fourth-order valence-corrected chi connectivity index (χ4v) is 9.33. The highest BCUT2D eigenvalue weighted by atomic mass is 16.3. The molecule has 0 spiro atoms. The van der Waals surface area contributed by atoms with Gasteiger partial charge in [-0.1, -0.05) is 172 Å². The first-order valence-corrected chi connectivity index (χ1v) is 18.2. The smallest absolute Gasteiger partial charge is 0.140 e. The van der Waals surface area contributed by atoms with Gasteiger partial charge in [0, 0.05) is 21.8 Å². The Morgan fingerprint density at radius 1 is 0.385 bits per heavy atom. The van der Waals surface area contributed by atoms with Gasteiger partial charge in [-0.25, -0.2) is 0 Å². The summed E-state index contributed by atoms with van der Waals surface area (Å²) in [5.74, 6) is 0. The van der Waals surface area contributed by atoms with Gasteiger partial charge in [-0.2, -0.15) is 0 Å². The zero-order valence-corrected chi connectivity index (χ0v) is 29.1. The largest absolute Gasteiger partial charge is 0.456 e. The van der Waals surface area contributed by atoms with Crippen molar-refractivity contribution in [3.63, 3.8) is 0 Å². The van der Waals surface area contributed by atoms with Crippen LogP contribution in [0.5, 0.6) is 0 Å². The minimum absolute atomic E-state index is 0.237. The van der Waals surface area contributed by atoms with Gasteiger partial charge >= 0.3 is 0 Å². The summed E-state index contributed by atoms with van der Waals surface area (Å²) < 4.78 is 6.79. The number of fused-ring (bicyclic) bond motifs is 12. The Morgan fingerprint density at radius 3 is 1.48 bits per heavy atom. The minimum Gasteiger partial charge on any atom is -0.456 e. The molecule has 244 valence electrons. The summed E-state index contributed by atoms with van der Waals surface area (Å²) in [5.41, 5.74) is 14.4. The molecule has 1 aliphatic rings. The zero-order chi connectivity index (χ0) is 34.6. The minimum atomic E-state index is -0.237. The van der Waals surface area contributed by atoms with Gasteiger partial charge < -0.3 is 4.42 Å². The van der Waals surface area contributed by atoms with E-state index < -0.39 is 0 Å². The number of hydrogen-bond acceptors (Lipinski definition) is 1. The molecule has 0 atom stereocenters. The molecule has 0 N–H and O–H groups in total. The van der Waals surface area contributed by atoms with Crippen LogP contribution in [0.25, 0.3) is 98.8 Å². The monoisotopic (exact) mass is 662 g/mol. The Balaban J connectivity index is 1.18. The van der Waals surface area contributed by atoms with Crippen molar-refractivity contribution in [1.29, 1.82) is 0 Å². The molecular formula is C51H34O. The fourth-order valence-electron chi connectivity index (χ4n) is 9.33. The normalized spacial score (nSPS) is 13.3. The number of benzene rings is 9. The van der Waals surface area contributed by atoms with Crippen LogP contribution in [-0.2, 0) is 5.41 Å². The van der Waals surface area contributed by atoms with Crippen molar-refractivity contribution in [2.75, 3.05) is 0 Å². The second kappa shape index (κ2) is 10.8. The molecule has 0 bridgehead atoms. The molecule has 1 heterocycles. The molecule has 1 aromatic heterocycles. The van der Waals surface area contributed by atoms with Crippen molar-refractivity contribution in [3.05, 3.63) is 181 Å². The Labute approximate surface area is 302 Å². The lowest BCUT2D eigenvalue weighted by Gasteiger charge is -2.22. The SMILES string of the molecule is CC1(C)c2ccc(-c3c4ccccc4c(-c4ccc(-c5ccccc5)cc4)c4ccccc34)cc2-c2c1c1oc3ccccc3c1c1ccccc21. The van der Waals surface area contributed by atoms with Crippen LogP contribution in [0.4, 0.5) is 0 Å². The number of furan rings is 1. The number of hydrogen-bond donors (Lipinski definition) is 0. The van der Waals surface area contributed by atoms with Crippen LogP contribution >= 0.6 is 0 Å². The summed E-state index contributed by atoms with van der Waals surface area (Å²) >= 11 is 0. The van der Waals surface area contributed by atoms with Gasteiger partial charge in [0.15, 0.2) is 0 Å². The fraction of sp³-hybridized carbons (Fsp3) is 0.0588. The van der Waals surface area contributed by atoms with Gasteiger partial charge in [0.1, 0.15) is 11.2 Å². The molecule has 0 fully saturated rings. The summed E-state index contributed by atoms with van der Waals surface area (Å²) in [4.78, 5) is 0. The van der Waals surface area contributed by atoms with Crippen molar-refractivity contribution in [2.24, 2.45) is 0 Å². The van der Waals surface area contributed by atoms with Gasteiger partial charge in [0.05, 0.1) is 0 Å². The molecule has 0 radical (unpaired) electrons. The number of para-hydroxylation sites is 1. The quantitative estimate of drug-likeness (QED) is 0.172. The van der Waals surface area contributed by atoms with Crippen LogP contribution in [0.15, 0.2) is 174 Å². The van der Waals surface area contributed by atoms with Crippen molar-refractivity contribution in [3.8, 4) is 44.5 Å². The third kappa shape index (κ3) is 3.99. The molecule has 0 saturated carbocycles. The Morgan fingerprint density at radius 2 is 0.846 bits per heavy atom. The average Bonchev–Trinajstić information content (AvgIpc) is 3.69. The molecule has 10 aromatic rings. The molecule has 1 nitrogen and oxygen atoms in total. The highest BCUT2D eigenvalue weighted by Gasteiger charge is 2.40. The van der Waals surface area contributed by atoms with E-state index in [0.29, 0.717) is 0 Å². The van der Waals surface area contributed by atoms with Gasteiger partial charge in [-0.15, -0.1) is 0 Å². The average molecular weight is 663 g/mol. The summed E-state index contributed by atoms with van der Waals surface area (Å²) in [6.07, 6.45) is 0. The van der Waals surface area contributed by atoms with Crippen molar-refractivity contribution >= 4 is 54.3 Å². The van der Waals surface area contributed by atoms with Crippen molar-refractivity contribution < 1.29 is 4.42 Å². The molecule has 0 aliphatic heterocycles. The van der Waals surface area contributed by atoms with Gasteiger partial charge in [0.25, 0.3) is 0 Å². The molecular weight excluding hydrogens is 629 g/mol. The third-order valence-electron chi connectivity index (χ3n) is 11.6. The summed E-state index contributed by atoms with van der Waals surface area (Å²) in [7, 11) is 0. The molecule has 0 unspecified atom stereocenters. The van der Waals surface area contributed by atoms with Gasteiger partial charge in [-0.3, -0.25) is 0 Å². The van der Waals surface area contributed by atoms with E-state index in [1.807, 2.05) is 0 Å². The zero-order valence-electron chi connectivity index (χ0n) is 29.1. The van der Waals surface area contributed by atoms with Crippen LogP contribution < -0.4 is 0 Å². The van der Waals surface area contributed by atoms with E-state index in [0.717, 1.165) is 11.2 Å². The van der Waals surface area contributed by atoms with Crippen LogP contribution in [-0.4, -0.2) is 0 Å². The molecule has 0 amide bonds. The topological polar surface area (TPSA) is 13.1 Å². The van der Waals surface area contributed by atoms with E-state index in [2.05, 4.69) is 184 Å². The lowest BCUT2D eigenvalue weighted by Crippen LogP contribution is -2.15. The van der Waals surface area contributed by atoms with E-state index >= 15 is 0 Å². The first-order chi connectivity index (χ1) is 25.6. The Hall–Kier alpha value is -6.44. The summed E-state index contributed by atoms with van der Waals surface area (Å²) in [6, 6.07) is 62.2. The first-order valence-electron chi connectivity index (χ1n) is 18.2. The maximum Gasteiger partial charge on any atom is 0.140 e. The Bertz CT molecular complexity index is 3010. The maximum absolute atomic E-state index is 6.79. The predicted molar refractivity (Wildman–Crippen MR) is 220 cm³/mol. The molecule has 52 heavy (non-hydrogen) atoms. The first kappa shape index (κ1) is 29.3. The van der Waals surface area contributed by atoms with Crippen molar-refractivity contribution in [1.82, 2.24) is 0 Å². The van der Waals surface area contributed by atoms with E-state index in [1.54, 1.807) is 0 Å². The molecule has 1 heteroatoms. The van der Waals surface area contributed by atoms with Gasteiger partial charge in [0.2, 0.25) is 0 Å². The highest BCUT2D eigenvalue weighted by molar-refractivity contribution is 6.26. The van der Waals surface area contributed by atoms with Crippen LogP contribution in [0.3, 0.4) is 0 Å². The second-order valence-electron chi connectivity index (χ2n) is 14.8. The standard InChI is InChI=1S/C51H34O/c1-51(2)43-29-28-34(30-42(43)47-39-20-10-11-21-40(39)48-41-22-12-13-23-44(41)52-50(48)49(47)51)46-37-18-8-6-16-35(37)45(36-17-7-9-19-38(36)46)33-26-24-32(25-27-33)31-14-4-3-5-15-31/h3-30H,1-2H3. The molecule has 9 aromatic carbocycles. The van der Waals surface area contributed by atoms with Gasteiger partial charge in [-0.05, 0) is 94.5 Å². The second-order valence-corrected chi connectivity index (χ2v) is 14.8. The van der Waals surface area contributed by atoms with E-state index in [9.17, 15) is 0 Å². The van der Waals surface area contributed by atoms with E-state index in [4.69, 9.17) is 4.42 Å². The van der Waals surface area contributed by atoms with Crippen LogP contribution in [0.2, 0.25) is 0 Å². The lowest BCUT2D eigenvalue weighted by molar-refractivity contribution is 0.620. The molecule has 1 aliphatic carbocycles. The van der Waals surface area contributed by atoms with E-state index in [-0.39, 0.29) is 5.41 Å². The lowest BCUT2D eigenvalue weighted by atomic mass is 9.80. The van der Waals surface area contributed by atoms with E-state index in [1.165, 1.54) is 98.7 Å². The van der Waals surface area contributed by atoms with Crippen LogP contribution in [0, 0.1) is 0 Å². The predicted octanol–water partition coefficient (Wildman–Crippen LogP) is 14.4. The highest BCUT2D eigenvalue weighted by Crippen LogP contribution is 2.57. The van der Waals surface area contributed by atoms with Crippen molar-refractivity contribution in [2.45, 2.75) is 19.3 Å². The summed E-state index contributed by atoms with van der Waals surface area (Å²) in [6.45, 7) is 4.72. The molecule has 0 saturated heterocycles.